The topological polar surface area (TPSA) is 46.2 Å². The number of nitrogens with two attached hydrogens (primary N) is 1. The second-order valence-electron chi connectivity index (χ2n) is 5.01. The maximum absolute atomic E-state index is 8.62. The van der Waals surface area contributed by atoms with Gasteiger partial charge in [-0.1, -0.05) is 46.0 Å². The monoisotopic (exact) mass is 215 g/mol. The Balaban J connectivity index is 3.15. The van der Waals surface area contributed by atoms with E-state index in [1.807, 2.05) is 0 Å². The van der Waals surface area contributed by atoms with Crippen LogP contribution in [0.1, 0.15) is 65.2 Å². The smallest absolute Gasteiger partial charge is 0.0431 e. The van der Waals surface area contributed by atoms with Crippen molar-refractivity contribution in [2.75, 3.05) is 6.61 Å². The number of aliphatic hydroxyl groups is 1. The molecule has 0 saturated heterocycles. The van der Waals surface area contributed by atoms with Crippen molar-refractivity contribution in [2.45, 2.75) is 71.3 Å². The van der Waals surface area contributed by atoms with Crippen molar-refractivity contribution in [3.05, 3.63) is 0 Å². The molecular weight excluding hydrogens is 186 g/mol. The summed E-state index contributed by atoms with van der Waals surface area (Å²) in [5.74, 6) is 0.807. The molecule has 0 aromatic carbocycles. The first-order valence-corrected chi connectivity index (χ1v) is 6.53. The number of hydrogen-bond acceptors (Lipinski definition) is 2. The minimum absolute atomic E-state index is 0.334. The average Bonchev–Trinajstić information content (AvgIpc) is 2.17. The summed E-state index contributed by atoms with van der Waals surface area (Å²) in [5.41, 5.74) is 6.03. The zero-order valence-corrected chi connectivity index (χ0v) is 10.5. The van der Waals surface area contributed by atoms with Gasteiger partial charge < -0.3 is 10.8 Å². The largest absolute Gasteiger partial charge is 0.396 e. The van der Waals surface area contributed by atoms with Crippen LogP contribution in [-0.2, 0) is 0 Å². The van der Waals surface area contributed by atoms with Crippen LogP contribution in [0.15, 0.2) is 0 Å². The fourth-order valence-corrected chi connectivity index (χ4v) is 1.80. The Morgan fingerprint density at radius 1 is 0.867 bits per heavy atom. The lowest BCUT2D eigenvalue weighted by atomic mass is 10.00. The second kappa shape index (κ2) is 10.4. The summed E-state index contributed by atoms with van der Waals surface area (Å²) in [6.07, 6.45) is 9.45. The van der Waals surface area contributed by atoms with Gasteiger partial charge in [0.15, 0.2) is 0 Å². The minimum atomic E-state index is 0.334. The van der Waals surface area contributed by atoms with E-state index in [0.717, 1.165) is 25.2 Å². The molecule has 0 fully saturated rings. The third-order valence-electron chi connectivity index (χ3n) is 2.84. The van der Waals surface area contributed by atoms with Crippen LogP contribution in [0.25, 0.3) is 0 Å². The Bertz CT molecular complexity index is 126. The molecule has 3 N–H and O–H groups in total. The lowest BCUT2D eigenvalue weighted by Gasteiger charge is -2.12. The summed E-state index contributed by atoms with van der Waals surface area (Å²) in [5, 5.41) is 8.62. The van der Waals surface area contributed by atoms with E-state index in [-0.39, 0.29) is 0 Å². The molecule has 92 valence electrons. The maximum atomic E-state index is 8.62. The molecule has 0 spiro atoms. The first-order valence-electron chi connectivity index (χ1n) is 6.53. The summed E-state index contributed by atoms with van der Waals surface area (Å²) in [4.78, 5) is 0. The molecule has 15 heavy (non-hydrogen) atoms. The molecule has 0 aliphatic heterocycles. The van der Waals surface area contributed by atoms with Crippen molar-refractivity contribution in [3.8, 4) is 0 Å². The van der Waals surface area contributed by atoms with Crippen molar-refractivity contribution in [1.82, 2.24) is 0 Å². The van der Waals surface area contributed by atoms with E-state index < -0.39 is 0 Å². The molecular formula is C13H29NO. The second-order valence-corrected chi connectivity index (χ2v) is 5.01. The Hall–Kier alpha value is -0.0800. The Morgan fingerprint density at radius 2 is 1.47 bits per heavy atom. The molecule has 2 heteroatoms. The molecule has 1 unspecified atom stereocenters. The van der Waals surface area contributed by atoms with Gasteiger partial charge in [-0.2, -0.15) is 0 Å². The lowest BCUT2D eigenvalue weighted by molar-refractivity contribution is 0.282. The van der Waals surface area contributed by atoms with E-state index in [2.05, 4.69) is 13.8 Å². The highest BCUT2D eigenvalue weighted by Crippen LogP contribution is 2.11. The van der Waals surface area contributed by atoms with Crippen molar-refractivity contribution in [3.63, 3.8) is 0 Å². The number of unbranched alkanes of at least 4 members (excludes halogenated alkanes) is 3. The molecule has 0 rings (SSSR count). The fraction of sp³-hybridized carbons (Fsp3) is 1.00. The SMILES string of the molecule is CC(C)CCCC(N)CCCCCCO. The van der Waals surface area contributed by atoms with Crippen LogP contribution in [-0.4, -0.2) is 17.8 Å². The van der Waals surface area contributed by atoms with E-state index in [4.69, 9.17) is 10.8 Å². The first kappa shape index (κ1) is 14.9. The summed E-state index contributed by atoms with van der Waals surface area (Å²) >= 11 is 0. The highest BCUT2D eigenvalue weighted by atomic mass is 16.2. The van der Waals surface area contributed by atoms with Gasteiger partial charge in [-0.25, -0.2) is 0 Å². The Labute approximate surface area is 95.3 Å². The van der Waals surface area contributed by atoms with E-state index in [1.165, 1.54) is 32.1 Å². The summed E-state index contributed by atoms with van der Waals surface area (Å²) in [6.45, 7) is 4.86. The van der Waals surface area contributed by atoms with E-state index in [0.29, 0.717) is 12.6 Å². The zero-order valence-electron chi connectivity index (χ0n) is 10.5. The zero-order chi connectivity index (χ0) is 11.5. The van der Waals surface area contributed by atoms with Gasteiger partial charge in [0.05, 0.1) is 0 Å². The Morgan fingerprint density at radius 3 is 2.07 bits per heavy atom. The van der Waals surface area contributed by atoms with Gasteiger partial charge in [0, 0.05) is 12.6 Å². The van der Waals surface area contributed by atoms with Gasteiger partial charge in [0.25, 0.3) is 0 Å². The van der Waals surface area contributed by atoms with E-state index in [9.17, 15) is 0 Å². The highest BCUT2D eigenvalue weighted by Gasteiger charge is 2.03. The standard InChI is InChI=1S/C13H29NO/c1-12(2)8-7-10-13(14)9-5-3-4-6-11-15/h12-13,15H,3-11,14H2,1-2H3. The number of aliphatic hydroxyl groups excluding tert-OH is 1. The molecule has 0 aliphatic carbocycles. The fourth-order valence-electron chi connectivity index (χ4n) is 1.80. The molecule has 0 aromatic heterocycles. The van der Waals surface area contributed by atoms with Gasteiger partial charge in [-0.3, -0.25) is 0 Å². The predicted octanol–water partition coefficient (Wildman–Crippen LogP) is 3.08. The molecule has 0 heterocycles. The molecule has 0 aromatic rings. The maximum Gasteiger partial charge on any atom is 0.0431 e. The summed E-state index contributed by atoms with van der Waals surface area (Å²) in [6, 6.07) is 0.401. The van der Waals surface area contributed by atoms with Crippen LogP contribution in [0.4, 0.5) is 0 Å². The van der Waals surface area contributed by atoms with Crippen LogP contribution in [0, 0.1) is 5.92 Å². The van der Waals surface area contributed by atoms with Crippen LogP contribution in [0.3, 0.4) is 0 Å². The lowest BCUT2D eigenvalue weighted by Crippen LogP contribution is -2.19. The van der Waals surface area contributed by atoms with Crippen LogP contribution in [0.5, 0.6) is 0 Å². The normalized spacial score (nSPS) is 13.4. The van der Waals surface area contributed by atoms with Crippen molar-refractivity contribution < 1.29 is 5.11 Å². The highest BCUT2D eigenvalue weighted by molar-refractivity contribution is 4.62. The predicted molar refractivity (Wildman–Crippen MR) is 66.8 cm³/mol. The quantitative estimate of drug-likeness (QED) is 0.550. The number of rotatable bonds is 10. The van der Waals surface area contributed by atoms with Crippen molar-refractivity contribution in [2.24, 2.45) is 11.7 Å². The van der Waals surface area contributed by atoms with Gasteiger partial charge >= 0.3 is 0 Å². The summed E-state index contributed by atoms with van der Waals surface area (Å²) < 4.78 is 0. The van der Waals surface area contributed by atoms with Crippen LogP contribution >= 0.6 is 0 Å². The molecule has 1 atom stereocenters. The van der Waals surface area contributed by atoms with Gasteiger partial charge in [0.2, 0.25) is 0 Å². The summed E-state index contributed by atoms with van der Waals surface area (Å²) in [7, 11) is 0. The van der Waals surface area contributed by atoms with Gasteiger partial charge in [-0.05, 0) is 25.2 Å². The molecule has 0 aliphatic rings. The first-order chi connectivity index (χ1) is 7.16. The van der Waals surface area contributed by atoms with Gasteiger partial charge in [0.1, 0.15) is 0 Å². The minimum Gasteiger partial charge on any atom is -0.396 e. The molecule has 0 amide bonds. The van der Waals surface area contributed by atoms with E-state index >= 15 is 0 Å². The molecule has 0 saturated carbocycles. The average molecular weight is 215 g/mol. The van der Waals surface area contributed by atoms with Crippen molar-refractivity contribution >= 4 is 0 Å². The van der Waals surface area contributed by atoms with Crippen molar-refractivity contribution in [1.29, 1.82) is 0 Å². The van der Waals surface area contributed by atoms with Gasteiger partial charge in [-0.15, -0.1) is 0 Å². The van der Waals surface area contributed by atoms with E-state index in [1.54, 1.807) is 0 Å². The molecule has 0 radical (unpaired) electrons. The molecule has 0 bridgehead atoms. The third kappa shape index (κ3) is 11.8. The molecule has 2 nitrogen and oxygen atoms in total. The third-order valence-corrected chi connectivity index (χ3v) is 2.84. The van der Waals surface area contributed by atoms with Crippen LogP contribution in [0.2, 0.25) is 0 Å². The number of hydrogen-bond donors (Lipinski definition) is 2. The Kier molecular flexibility index (Phi) is 10.4. The van der Waals surface area contributed by atoms with Crippen LogP contribution < -0.4 is 5.73 Å².